The van der Waals surface area contributed by atoms with Crippen molar-refractivity contribution >= 4 is 33.6 Å². The first-order valence-electron chi connectivity index (χ1n) is 8.91. The largest absolute Gasteiger partial charge is 0.618 e. The van der Waals surface area contributed by atoms with Gasteiger partial charge in [-0.2, -0.15) is 4.73 Å². The zero-order chi connectivity index (χ0) is 19.8. The van der Waals surface area contributed by atoms with Crippen LogP contribution in [0, 0.1) is 12.1 Å². The molecule has 28 heavy (non-hydrogen) atoms. The fourth-order valence-corrected chi connectivity index (χ4v) is 3.13. The number of benzene rings is 2. The lowest BCUT2D eigenvalue weighted by molar-refractivity contribution is -0.584. The van der Waals surface area contributed by atoms with Crippen LogP contribution in [0.3, 0.4) is 0 Å². The summed E-state index contributed by atoms with van der Waals surface area (Å²) in [6.07, 6.45) is 0. The van der Waals surface area contributed by atoms with Gasteiger partial charge in [0.1, 0.15) is 16.9 Å². The summed E-state index contributed by atoms with van der Waals surface area (Å²) in [6.45, 7) is 1.79. The SMILES string of the molecule is Cc1c(C(=O)NCc2cc3cc(N(C)C)ccc3o2)nc2ccccc2[n+]1[O-]. The van der Waals surface area contributed by atoms with E-state index in [-0.39, 0.29) is 17.9 Å². The first-order valence-corrected chi connectivity index (χ1v) is 8.91. The summed E-state index contributed by atoms with van der Waals surface area (Å²) in [5.74, 6) is 0.218. The molecule has 142 valence electrons. The third kappa shape index (κ3) is 3.11. The monoisotopic (exact) mass is 376 g/mol. The summed E-state index contributed by atoms with van der Waals surface area (Å²) in [6, 6.07) is 14.7. The molecule has 0 radical (unpaired) electrons. The number of fused-ring (bicyclic) bond motifs is 2. The number of hydrogen-bond acceptors (Lipinski definition) is 5. The highest BCUT2D eigenvalue weighted by atomic mass is 16.5. The molecule has 0 atom stereocenters. The first kappa shape index (κ1) is 17.8. The minimum Gasteiger partial charge on any atom is -0.618 e. The van der Waals surface area contributed by atoms with Gasteiger partial charge in [-0.1, -0.05) is 12.1 Å². The number of nitrogens with one attached hydrogen (secondary N) is 1. The van der Waals surface area contributed by atoms with Crippen molar-refractivity contribution in [2.45, 2.75) is 13.5 Å². The van der Waals surface area contributed by atoms with Gasteiger partial charge in [-0.3, -0.25) is 4.79 Å². The number of hydrogen-bond donors (Lipinski definition) is 1. The lowest BCUT2D eigenvalue weighted by Gasteiger charge is -2.11. The Labute approximate surface area is 161 Å². The van der Waals surface area contributed by atoms with Gasteiger partial charge in [0.2, 0.25) is 11.2 Å². The molecule has 0 unspecified atom stereocenters. The average Bonchev–Trinajstić information content (AvgIpc) is 3.11. The molecule has 0 aliphatic heterocycles. The number of carbonyl (C=O) groups excluding carboxylic acids is 1. The van der Waals surface area contributed by atoms with Crippen LogP contribution < -0.4 is 14.9 Å². The fourth-order valence-electron chi connectivity index (χ4n) is 3.13. The Hall–Kier alpha value is -3.61. The molecule has 2 aromatic carbocycles. The Kier molecular flexibility index (Phi) is 4.35. The van der Waals surface area contributed by atoms with Crippen LogP contribution in [-0.4, -0.2) is 25.0 Å². The number of anilines is 1. The second-order valence-corrected chi connectivity index (χ2v) is 6.84. The minimum absolute atomic E-state index is 0.111. The van der Waals surface area contributed by atoms with Gasteiger partial charge in [-0.05, 0) is 30.3 Å². The van der Waals surface area contributed by atoms with Crippen LogP contribution >= 0.6 is 0 Å². The maximum absolute atomic E-state index is 12.6. The van der Waals surface area contributed by atoms with E-state index in [4.69, 9.17) is 4.42 Å². The Bertz CT molecular complexity index is 1200. The normalized spacial score (nSPS) is 11.1. The third-order valence-corrected chi connectivity index (χ3v) is 4.69. The highest BCUT2D eigenvalue weighted by Gasteiger charge is 2.21. The van der Waals surface area contributed by atoms with E-state index in [1.54, 1.807) is 31.2 Å². The summed E-state index contributed by atoms with van der Waals surface area (Å²) in [5.41, 5.74) is 3.11. The predicted octanol–water partition coefficient (Wildman–Crippen LogP) is 2.92. The van der Waals surface area contributed by atoms with Crippen molar-refractivity contribution in [3.05, 3.63) is 70.9 Å². The van der Waals surface area contributed by atoms with Crippen LogP contribution in [0.5, 0.6) is 0 Å². The van der Waals surface area contributed by atoms with E-state index in [1.807, 2.05) is 43.3 Å². The molecule has 2 aromatic heterocycles. The van der Waals surface area contributed by atoms with Gasteiger partial charge in [-0.25, -0.2) is 4.98 Å². The van der Waals surface area contributed by atoms with E-state index in [1.165, 1.54) is 0 Å². The van der Waals surface area contributed by atoms with E-state index in [0.717, 1.165) is 21.4 Å². The Morgan fingerprint density at radius 3 is 2.79 bits per heavy atom. The number of rotatable bonds is 4. The molecule has 0 spiro atoms. The molecule has 0 saturated heterocycles. The van der Waals surface area contributed by atoms with E-state index < -0.39 is 5.91 Å². The summed E-state index contributed by atoms with van der Waals surface area (Å²) < 4.78 is 6.53. The van der Waals surface area contributed by atoms with Gasteiger partial charge in [0.15, 0.2) is 5.69 Å². The van der Waals surface area contributed by atoms with Crippen molar-refractivity contribution in [1.29, 1.82) is 0 Å². The zero-order valence-electron chi connectivity index (χ0n) is 15.9. The van der Waals surface area contributed by atoms with Crippen molar-refractivity contribution < 1.29 is 13.9 Å². The maximum atomic E-state index is 12.6. The lowest BCUT2D eigenvalue weighted by atomic mass is 10.2. The summed E-state index contributed by atoms with van der Waals surface area (Å²) in [7, 11) is 3.95. The van der Waals surface area contributed by atoms with E-state index in [2.05, 4.69) is 10.3 Å². The van der Waals surface area contributed by atoms with Crippen LogP contribution in [0.2, 0.25) is 0 Å². The molecule has 0 fully saturated rings. The molecule has 4 aromatic rings. The smallest absolute Gasteiger partial charge is 0.276 e. The molecule has 7 heteroatoms. The first-order chi connectivity index (χ1) is 13.4. The Morgan fingerprint density at radius 2 is 2.00 bits per heavy atom. The number of aromatic nitrogens is 2. The molecular weight excluding hydrogens is 356 g/mol. The number of furan rings is 1. The Morgan fingerprint density at radius 1 is 1.21 bits per heavy atom. The predicted molar refractivity (Wildman–Crippen MR) is 107 cm³/mol. The van der Waals surface area contributed by atoms with Crippen molar-refractivity contribution in [1.82, 2.24) is 10.3 Å². The molecular formula is C21H20N4O3. The number of para-hydroxylation sites is 2. The standard InChI is InChI=1S/C21H20N4O3/c1-13-20(23-17-6-4-5-7-18(17)25(13)27)21(26)22-12-16-11-14-10-15(24(2)3)8-9-19(14)28-16/h4-11H,12H2,1-3H3,(H,22,26). The van der Waals surface area contributed by atoms with Crippen molar-refractivity contribution in [3.8, 4) is 0 Å². The number of carbonyl (C=O) groups is 1. The Balaban J connectivity index is 1.57. The van der Waals surface area contributed by atoms with E-state index in [0.29, 0.717) is 16.8 Å². The third-order valence-electron chi connectivity index (χ3n) is 4.69. The quantitative estimate of drug-likeness (QED) is 0.437. The topological polar surface area (TPSA) is 85.3 Å². The molecule has 0 bridgehead atoms. The highest BCUT2D eigenvalue weighted by molar-refractivity contribution is 5.94. The molecule has 0 aliphatic carbocycles. The molecule has 4 rings (SSSR count). The van der Waals surface area contributed by atoms with Gasteiger partial charge in [0, 0.05) is 38.2 Å². The molecule has 7 nitrogen and oxygen atoms in total. The highest BCUT2D eigenvalue weighted by Crippen LogP contribution is 2.24. The molecule has 1 amide bonds. The molecule has 1 N–H and O–H groups in total. The zero-order valence-corrected chi connectivity index (χ0v) is 15.9. The summed E-state index contributed by atoms with van der Waals surface area (Å²) in [5, 5.41) is 16.2. The van der Waals surface area contributed by atoms with Crippen LogP contribution in [0.4, 0.5) is 5.69 Å². The van der Waals surface area contributed by atoms with Gasteiger partial charge < -0.3 is 19.8 Å². The summed E-state index contributed by atoms with van der Waals surface area (Å²) in [4.78, 5) is 19.0. The van der Waals surface area contributed by atoms with E-state index >= 15 is 0 Å². The number of nitrogens with zero attached hydrogens (tertiary/aromatic N) is 3. The summed E-state index contributed by atoms with van der Waals surface area (Å²) >= 11 is 0. The van der Waals surface area contributed by atoms with Gasteiger partial charge in [0.25, 0.3) is 5.91 Å². The molecule has 2 heterocycles. The van der Waals surface area contributed by atoms with Crippen molar-refractivity contribution in [3.63, 3.8) is 0 Å². The van der Waals surface area contributed by atoms with Crippen molar-refractivity contribution in [2.24, 2.45) is 0 Å². The second-order valence-electron chi connectivity index (χ2n) is 6.84. The van der Waals surface area contributed by atoms with Crippen LogP contribution in [0.15, 0.2) is 52.9 Å². The van der Waals surface area contributed by atoms with Crippen LogP contribution in [-0.2, 0) is 6.54 Å². The second kappa shape index (κ2) is 6.84. The van der Waals surface area contributed by atoms with Crippen molar-refractivity contribution in [2.75, 3.05) is 19.0 Å². The number of amides is 1. The van der Waals surface area contributed by atoms with Gasteiger partial charge in [-0.15, -0.1) is 0 Å². The van der Waals surface area contributed by atoms with Gasteiger partial charge >= 0.3 is 0 Å². The van der Waals surface area contributed by atoms with Gasteiger partial charge in [0.05, 0.1) is 6.54 Å². The average molecular weight is 376 g/mol. The fraction of sp³-hybridized carbons (Fsp3) is 0.190. The minimum atomic E-state index is -0.415. The maximum Gasteiger partial charge on any atom is 0.276 e. The molecule has 0 saturated carbocycles. The lowest BCUT2D eigenvalue weighted by Crippen LogP contribution is -2.36. The van der Waals surface area contributed by atoms with Crippen LogP contribution in [0.25, 0.3) is 22.0 Å². The van der Waals surface area contributed by atoms with E-state index in [9.17, 15) is 10.0 Å². The van der Waals surface area contributed by atoms with Crippen LogP contribution in [0.1, 0.15) is 21.9 Å². The molecule has 0 aliphatic rings.